The molecule has 1 N–H and O–H groups in total. The number of likely N-dealkylation sites (N-methyl/N-ethyl adjacent to an activating group) is 1. The van der Waals surface area contributed by atoms with E-state index in [0.29, 0.717) is 6.10 Å². The third-order valence-corrected chi connectivity index (χ3v) is 4.55. The quantitative estimate of drug-likeness (QED) is 0.835. The molecule has 3 nitrogen and oxygen atoms in total. The molecule has 0 bridgehead atoms. The van der Waals surface area contributed by atoms with Crippen molar-refractivity contribution in [2.75, 3.05) is 39.8 Å². The predicted octanol–water partition coefficient (Wildman–Crippen LogP) is 2.66. The highest BCUT2D eigenvalue weighted by Gasteiger charge is 2.30. The van der Waals surface area contributed by atoms with Crippen molar-refractivity contribution in [1.29, 1.82) is 0 Å². The Balaban J connectivity index is 1.98. The van der Waals surface area contributed by atoms with Crippen molar-refractivity contribution < 1.29 is 4.74 Å². The average molecular weight is 290 g/mol. The van der Waals surface area contributed by atoms with Gasteiger partial charge in [0, 0.05) is 38.2 Å². The van der Waals surface area contributed by atoms with Crippen molar-refractivity contribution in [3.05, 3.63) is 35.9 Å². The highest BCUT2D eigenvalue weighted by atomic mass is 16.5. The Bertz CT molecular complexity index is 401. The lowest BCUT2D eigenvalue weighted by molar-refractivity contribution is 0.00992. The number of likely N-dealkylation sites (tertiary alicyclic amines) is 1. The van der Waals surface area contributed by atoms with Gasteiger partial charge in [-0.15, -0.1) is 0 Å². The van der Waals surface area contributed by atoms with Crippen LogP contribution in [0.3, 0.4) is 0 Å². The van der Waals surface area contributed by atoms with Crippen LogP contribution in [0.15, 0.2) is 30.3 Å². The summed E-state index contributed by atoms with van der Waals surface area (Å²) in [5, 5.41) is 3.37. The molecule has 1 saturated heterocycles. The van der Waals surface area contributed by atoms with Crippen LogP contribution in [0.4, 0.5) is 0 Å². The van der Waals surface area contributed by atoms with Gasteiger partial charge in [-0.05, 0) is 32.4 Å². The molecule has 0 saturated carbocycles. The van der Waals surface area contributed by atoms with Crippen molar-refractivity contribution in [2.45, 2.75) is 38.2 Å². The summed E-state index contributed by atoms with van der Waals surface area (Å²) in [6.45, 7) is 9.71. The molecule has 1 heterocycles. The van der Waals surface area contributed by atoms with Gasteiger partial charge in [-0.25, -0.2) is 0 Å². The third-order valence-electron chi connectivity index (χ3n) is 4.55. The topological polar surface area (TPSA) is 24.5 Å². The second kappa shape index (κ2) is 7.92. The van der Waals surface area contributed by atoms with E-state index >= 15 is 0 Å². The van der Waals surface area contributed by atoms with Gasteiger partial charge in [0.1, 0.15) is 0 Å². The lowest BCUT2D eigenvalue weighted by Gasteiger charge is -2.39. The van der Waals surface area contributed by atoms with Gasteiger partial charge in [0.25, 0.3) is 0 Å². The number of hydrogen-bond donors (Lipinski definition) is 1. The van der Waals surface area contributed by atoms with Crippen molar-refractivity contribution in [1.82, 2.24) is 10.2 Å². The van der Waals surface area contributed by atoms with Gasteiger partial charge < -0.3 is 15.0 Å². The van der Waals surface area contributed by atoms with Crippen LogP contribution in [0.2, 0.25) is 0 Å². The van der Waals surface area contributed by atoms with Gasteiger partial charge in [0.15, 0.2) is 0 Å². The molecule has 2 rings (SSSR count). The van der Waals surface area contributed by atoms with Crippen LogP contribution < -0.4 is 5.32 Å². The second-order valence-corrected chi connectivity index (χ2v) is 6.39. The van der Waals surface area contributed by atoms with Gasteiger partial charge in [-0.1, -0.05) is 37.3 Å². The smallest absolute Gasteiger partial charge is 0.0599 e. The molecule has 1 aromatic carbocycles. The normalized spacial score (nSPS) is 20.3. The molecule has 0 amide bonds. The zero-order chi connectivity index (χ0) is 15.1. The molecule has 21 heavy (non-hydrogen) atoms. The Labute approximate surface area is 129 Å². The SMILES string of the molecule is CCOC1CCN(CC(C)(CNC)c2ccccc2)CC1. The minimum Gasteiger partial charge on any atom is -0.378 e. The van der Waals surface area contributed by atoms with Crippen LogP contribution in [-0.2, 0) is 10.2 Å². The fourth-order valence-corrected chi connectivity index (χ4v) is 3.44. The van der Waals surface area contributed by atoms with Crippen LogP contribution in [-0.4, -0.2) is 50.8 Å². The van der Waals surface area contributed by atoms with Gasteiger partial charge in [0.2, 0.25) is 0 Å². The molecule has 1 atom stereocenters. The Morgan fingerprint density at radius 3 is 2.48 bits per heavy atom. The summed E-state index contributed by atoms with van der Waals surface area (Å²) in [5.41, 5.74) is 1.58. The first-order chi connectivity index (χ1) is 10.2. The molecule has 0 spiro atoms. The maximum atomic E-state index is 5.75. The Morgan fingerprint density at radius 1 is 1.24 bits per heavy atom. The summed E-state index contributed by atoms with van der Waals surface area (Å²) in [6.07, 6.45) is 2.80. The number of nitrogens with one attached hydrogen (secondary N) is 1. The number of benzene rings is 1. The number of nitrogens with zero attached hydrogens (tertiary/aromatic N) is 1. The van der Waals surface area contributed by atoms with E-state index in [1.165, 1.54) is 5.56 Å². The van der Waals surface area contributed by atoms with Crippen molar-refractivity contribution in [2.24, 2.45) is 0 Å². The van der Waals surface area contributed by atoms with Crippen LogP contribution in [0.25, 0.3) is 0 Å². The number of hydrogen-bond acceptors (Lipinski definition) is 3. The molecule has 1 unspecified atom stereocenters. The first kappa shape index (κ1) is 16.5. The molecule has 3 heteroatoms. The van der Waals surface area contributed by atoms with Gasteiger partial charge in [0.05, 0.1) is 6.10 Å². The number of ether oxygens (including phenoxy) is 1. The average Bonchev–Trinajstić information content (AvgIpc) is 2.51. The monoisotopic (exact) mass is 290 g/mol. The first-order valence-corrected chi connectivity index (χ1v) is 8.22. The standard InChI is InChI=1S/C18H30N2O/c1-4-21-17-10-12-20(13-11-17)15-18(2,14-19-3)16-8-6-5-7-9-16/h5-9,17,19H,4,10-15H2,1-3H3. The first-order valence-electron chi connectivity index (χ1n) is 8.22. The van der Waals surface area contributed by atoms with E-state index in [1.807, 2.05) is 7.05 Å². The summed E-state index contributed by atoms with van der Waals surface area (Å²) in [6, 6.07) is 10.9. The van der Waals surface area contributed by atoms with Crippen LogP contribution in [0, 0.1) is 0 Å². The summed E-state index contributed by atoms with van der Waals surface area (Å²) >= 11 is 0. The lowest BCUT2D eigenvalue weighted by atomic mass is 9.81. The maximum absolute atomic E-state index is 5.75. The maximum Gasteiger partial charge on any atom is 0.0599 e. The summed E-state index contributed by atoms with van der Waals surface area (Å²) < 4.78 is 5.75. The van der Waals surface area contributed by atoms with E-state index in [1.54, 1.807) is 0 Å². The third kappa shape index (κ3) is 4.53. The molecule has 1 aromatic rings. The molecule has 1 aliphatic rings. The fourth-order valence-electron chi connectivity index (χ4n) is 3.44. The van der Waals surface area contributed by atoms with Gasteiger partial charge in [-0.3, -0.25) is 0 Å². The molecular formula is C18H30N2O. The summed E-state index contributed by atoms with van der Waals surface area (Å²) in [5.74, 6) is 0. The number of piperidine rings is 1. The predicted molar refractivity (Wildman–Crippen MR) is 88.8 cm³/mol. The zero-order valence-corrected chi connectivity index (χ0v) is 13.8. The lowest BCUT2D eigenvalue weighted by Crippen LogP contribution is -2.48. The minimum atomic E-state index is 0.161. The molecule has 1 fully saturated rings. The van der Waals surface area contributed by atoms with Crippen molar-refractivity contribution in [3.8, 4) is 0 Å². The van der Waals surface area contributed by atoms with Gasteiger partial charge >= 0.3 is 0 Å². The van der Waals surface area contributed by atoms with Crippen molar-refractivity contribution in [3.63, 3.8) is 0 Å². The highest BCUT2D eigenvalue weighted by Crippen LogP contribution is 2.26. The number of rotatable bonds is 7. The molecule has 0 aromatic heterocycles. The second-order valence-electron chi connectivity index (χ2n) is 6.39. The van der Waals surface area contributed by atoms with E-state index in [4.69, 9.17) is 4.74 Å². The van der Waals surface area contributed by atoms with Crippen LogP contribution in [0.1, 0.15) is 32.3 Å². The molecule has 0 aliphatic carbocycles. The molecule has 118 valence electrons. The van der Waals surface area contributed by atoms with Crippen molar-refractivity contribution >= 4 is 0 Å². The molecule has 1 aliphatic heterocycles. The Kier molecular flexibility index (Phi) is 6.22. The van der Waals surface area contributed by atoms with E-state index < -0.39 is 0 Å². The van der Waals surface area contributed by atoms with Crippen LogP contribution in [0.5, 0.6) is 0 Å². The van der Waals surface area contributed by atoms with Gasteiger partial charge in [-0.2, -0.15) is 0 Å². The fraction of sp³-hybridized carbons (Fsp3) is 0.667. The largest absolute Gasteiger partial charge is 0.378 e. The Morgan fingerprint density at radius 2 is 1.90 bits per heavy atom. The molecular weight excluding hydrogens is 260 g/mol. The summed E-state index contributed by atoms with van der Waals surface area (Å²) in [7, 11) is 2.04. The van der Waals surface area contributed by atoms with E-state index in [2.05, 4.69) is 54.4 Å². The Hall–Kier alpha value is -0.900. The van der Waals surface area contributed by atoms with Crippen LogP contribution >= 0.6 is 0 Å². The minimum absolute atomic E-state index is 0.161. The van der Waals surface area contributed by atoms with E-state index in [9.17, 15) is 0 Å². The molecule has 0 radical (unpaired) electrons. The summed E-state index contributed by atoms with van der Waals surface area (Å²) in [4.78, 5) is 2.60. The van der Waals surface area contributed by atoms with E-state index in [0.717, 1.165) is 45.6 Å². The zero-order valence-electron chi connectivity index (χ0n) is 13.8. The van der Waals surface area contributed by atoms with E-state index in [-0.39, 0.29) is 5.41 Å². The highest BCUT2D eigenvalue weighted by molar-refractivity contribution is 5.25.